The molecule has 9 nitrogen and oxygen atoms in total. The number of nitrogens with one attached hydrogen (secondary N) is 2. The van der Waals surface area contributed by atoms with Gasteiger partial charge in [0.05, 0.1) is 22.8 Å². The van der Waals surface area contributed by atoms with Crippen LogP contribution < -0.4 is 5.32 Å². The Balaban J connectivity index is 1.29. The van der Waals surface area contributed by atoms with E-state index in [4.69, 9.17) is 9.47 Å². The van der Waals surface area contributed by atoms with Gasteiger partial charge in [0.1, 0.15) is 11.7 Å². The van der Waals surface area contributed by atoms with Gasteiger partial charge in [0.15, 0.2) is 0 Å². The maximum atomic E-state index is 12.7. The van der Waals surface area contributed by atoms with Gasteiger partial charge in [0.25, 0.3) is 5.91 Å². The van der Waals surface area contributed by atoms with E-state index < -0.39 is 11.6 Å². The Bertz CT molecular complexity index is 1190. The first-order chi connectivity index (χ1) is 16.2. The minimum absolute atomic E-state index is 0.263. The fourth-order valence-electron chi connectivity index (χ4n) is 3.75. The van der Waals surface area contributed by atoms with Gasteiger partial charge in [-0.1, -0.05) is 12.1 Å². The molecule has 1 aliphatic rings. The number of H-pyrrole nitrogens is 1. The van der Waals surface area contributed by atoms with Gasteiger partial charge in [0.2, 0.25) is 0 Å². The largest absolute Gasteiger partial charge is 0.459 e. The number of piperidine rings is 1. The highest BCUT2D eigenvalue weighted by molar-refractivity contribution is 6.11. The van der Waals surface area contributed by atoms with Crippen LogP contribution in [0.3, 0.4) is 0 Å². The van der Waals surface area contributed by atoms with Crippen molar-refractivity contribution in [1.82, 2.24) is 15.1 Å². The molecule has 3 aromatic rings. The zero-order chi connectivity index (χ0) is 24.3. The van der Waals surface area contributed by atoms with Crippen LogP contribution in [0.2, 0.25) is 0 Å². The molecule has 1 fully saturated rings. The number of carbonyl (C=O) groups excluding carboxylic acids is 3. The van der Waals surface area contributed by atoms with E-state index in [-0.39, 0.29) is 18.1 Å². The zero-order valence-electron chi connectivity index (χ0n) is 19.5. The van der Waals surface area contributed by atoms with Crippen molar-refractivity contribution in [1.29, 1.82) is 0 Å². The summed E-state index contributed by atoms with van der Waals surface area (Å²) in [7, 11) is 0. The number of anilines is 1. The summed E-state index contributed by atoms with van der Waals surface area (Å²) in [4.78, 5) is 39.0. The first kappa shape index (κ1) is 23.3. The van der Waals surface area contributed by atoms with Crippen molar-refractivity contribution in [2.45, 2.75) is 45.3 Å². The number of ether oxygens (including phenoxy) is 2. The van der Waals surface area contributed by atoms with Crippen molar-refractivity contribution < 1.29 is 23.9 Å². The first-order valence-corrected chi connectivity index (χ1v) is 11.2. The number of esters is 1. The molecule has 2 amide bonds. The van der Waals surface area contributed by atoms with Crippen molar-refractivity contribution in [3.05, 3.63) is 59.8 Å². The van der Waals surface area contributed by atoms with Crippen LogP contribution in [0.1, 0.15) is 54.3 Å². The highest BCUT2D eigenvalue weighted by atomic mass is 16.6. The molecule has 2 aromatic carbocycles. The summed E-state index contributed by atoms with van der Waals surface area (Å²) in [5, 5.41) is 10.5. The van der Waals surface area contributed by atoms with Gasteiger partial charge in [-0.2, -0.15) is 5.10 Å². The number of aromatic amines is 1. The predicted octanol–water partition coefficient (Wildman–Crippen LogP) is 4.37. The topological polar surface area (TPSA) is 114 Å². The number of nitrogens with zero attached hydrogens (tertiary/aromatic N) is 2. The second kappa shape index (κ2) is 9.54. The van der Waals surface area contributed by atoms with E-state index in [2.05, 4.69) is 15.5 Å². The van der Waals surface area contributed by atoms with Crippen molar-refractivity contribution in [3.8, 4) is 0 Å². The number of carbonyl (C=O) groups is 3. The molecule has 0 spiro atoms. The number of fused-ring (bicyclic) bond motifs is 1. The van der Waals surface area contributed by atoms with Crippen LogP contribution in [0, 0.1) is 0 Å². The van der Waals surface area contributed by atoms with Crippen LogP contribution in [0.4, 0.5) is 10.5 Å². The van der Waals surface area contributed by atoms with Crippen LogP contribution in [0.5, 0.6) is 0 Å². The fourth-order valence-corrected chi connectivity index (χ4v) is 3.75. The number of hydrogen-bond acceptors (Lipinski definition) is 6. The van der Waals surface area contributed by atoms with E-state index in [1.54, 1.807) is 47.5 Å². The lowest BCUT2D eigenvalue weighted by Gasteiger charge is -2.33. The molecule has 0 radical (unpaired) electrons. The van der Waals surface area contributed by atoms with Crippen LogP contribution >= 0.6 is 0 Å². The van der Waals surface area contributed by atoms with Gasteiger partial charge in [-0.15, -0.1) is 0 Å². The summed E-state index contributed by atoms with van der Waals surface area (Å²) in [5.74, 6) is -0.710. The molecule has 0 saturated carbocycles. The molecule has 1 aromatic heterocycles. The standard InChI is InChI=1S/C25H28N4O5/c1-25(2,3)34-24(32)29-13-11-19(12-14-29)33-23(31)16-7-9-18(10-8-16)27-22(30)20-6-4-5-17-15-26-28-21(17)20/h4-10,15,19H,11-14H2,1-3H3,(H,26,28)(H,27,30). The molecule has 9 heteroatoms. The molecule has 178 valence electrons. The van der Waals surface area contributed by atoms with E-state index in [1.807, 2.05) is 26.8 Å². The Hall–Kier alpha value is -3.88. The van der Waals surface area contributed by atoms with E-state index >= 15 is 0 Å². The normalized spacial score (nSPS) is 14.6. The average Bonchev–Trinajstić information content (AvgIpc) is 3.28. The lowest BCUT2D eigenvalue weighted by atomic mass is 10.1. The summed E-state index contributed by atoms with van der Waals surface area (Å²) in [6.07, 6.45) is 2.16. The van der Waals surface area contributed by atoms with Crippen LogP contribution in [-0.2, 0) is 9.47 Å². The van der Waals surface area contributed by atoms with Crippen molar-refractivity contribution in [2.75, 3.05) is 18.4 Å². The van der Waals surface area contributed by atoms with Crippen molar-refractivity contribution in [2.24, 2.45) is 0 Å². The summed E-state index contributed by atoms with van der Waals surface area (Å²) in [6, 6.07) is 11.9. The highest BCUT2D eigenvalue weighted by Crippen LogP contribution is 2.21. The maximum absolute atomic E-state index is 12.7. The average molecular weight is 465 g/mol. The first-order valence-electron chi connectivity index (χ1n) is 11.2. The number of aromatic nitrogens is 2. The molecule has 0 unspecified atom stereocenters. The molecule has 4 rings (SSSR count). The molecule has 2 heterocycles. The number of amides is 2. The third-order valence-corrected chi connectivity index (χ3v) is 5.47. The predicted molar refractivity (Wildman–Crippen MR) is 127 cm³/mol. The monoisotopic (exact) mass is 464 g/mol. The highest BCUT2D eigenvalue weighted by Gasteiger charge is 2.28. The van der Waals surface area contributed by atoms with Gasteiger partial charge >= 0.3 is 12.1 Å². The molecule has 1 saturated heterocycles. The molecule has 0 bridgehead atoms. The lowest BCUT2D eigenvalue weighted by Crippen LogP contribution is -2.43. The van der Waals surface area contributed by atoms with Crippen LogP contribution in [0.15, 0.2) is 48.7 Å². The Labute approximate surface area is 197 Å². The van der Waals surface area contributed by atoms with Gasteiger partial charge in [-0.3, -0.25) is 9.89 Å². The number of hydrogen-bond donors (Lipinski definition) is 2. The van der Waals surface area contributed by atoms with E-state index in [1.165, 1.54) is 0 Å². The van der Waals surface area contributed by atoms with E-state index in [0.29, 0.717) is 48.3 Å². The van der Waals surface area contributed by atoms with Gasteiger partial charge in [-0.05, 0) is 51.1 Å². The summed E-state index contributed by atoms with van der Waals surface area (Å²) in [5.41, 5.74) is 1.56. The summed E-state index contributed by atoms with van der Waals surface area (Å²) in [6.45, 7) is 6.43. The van der Waals surface area contributed by atoms with Gasteiger partial charge in [-0.25, -0.2) is 9.59 Å². The van der Waals surface area contributed by atoms with E-state index in [0.717, 1.165) is 5.39 Å². The number of rotatable bonds is 4. The number of likely N-dealkylation sites (tertiary alicyclic amines) is 1. The third kappa shape index (κ3) is 5.54. The summed E-state index contributed by atoms with van der Waals surface area (Å²) < 4.78 is 11.0. The summed E-state index contributed by atoms with van der Waals surface area (Å²) >= 11 is 0. The molecular formula is C25H28N4O5. The van der Waals surface area contributed by atoms with Crippen molar-refractivity contribution >= 4 is 34.6 Å². The SMILES string of the molecule is CC(C)(C)OC(=O)N1CCC(OC(=O)c2ccc(NC(=O)c3cccc4cn[nH]c34)cc2)CC1. The second-order valence-electron chi connectivity index (χ2n) is 9.24. The van der Waals surface area contributed by atoms with Crippen molar-refractivity contribution in [3.63, 3.8) is 0 Å². The minimum atomic E-state index is -0.543. The Kier molecular flexibility index (Phi) is 6.54. The fraction of sp³-hybridized carbons (Fsp3) is 0.360. The Morgan fingerprint density at radius 3 is 2.44 bits per heavy atom. The molecule has 2 N–H and O–H groups in total. The van der Waals surface area contributed by atoms with Gasteiger partial charge < -0.3 is 19.7 Å². The Morgan fingerprint density at radius 2 is 1.76 bits per heavy atom. The molecule has 0 atom stereocenters. The number of para-hydroxylation sites is 1. The van der Waals surface area contributed by atoms with Crippen LogP contribution in [-0.4, -0.2) is 57.9 Å². The van der Waals surface area contributed by atoms with Crippen LogP contribution in [0.25, 0.3) is 10.9 Å². The molecular weight excluding hydrogens is 436 g/mol. The molecule has 34 heavy (non-hydrogen) atoms. The van der Waals surface area contributed by atoms with Gasteiger partial charge in [0, 0.05) is 37.0 Å². The Morgan fingerprint density at radius 1 is 1.06 bits per heavy atom. The molecule has 1 aliphatic heterocycles. The number of benzene rings is 2. The quantitative estimate of drug-likeness (QED) is 0.554. The second-order valence-corrected chi connectivity index (χ2v) is 9.24. The lowest BCUT2D eigenvalue weighted by molar-refractivity contribution is -0.00341. The minimum Gasteiger partial charge on any atom is -0.459 e. The zero-order valence-corrected chi connectivity index (χ0v) is 19.5. The third-order valence-electron chi connectivity index (χ3n) is 5.47. The maximum Gasteiger partial charge on any atom is 0.410 e. The van der Waals surface area contributed by atoms with E-state index in [9.17, 15) is 14.4 Å². The molecule has 0 aliphatic carbocycles. The smallest absolute Gasteiger partial charge is 0.410 e.